The van der Waals surface area contributed by atoms with Crippen LogP contribution in [0.2, 0.25) is 0 Å². The number of likely N-dealkylation sites (tertiary alicyclic amines) is 1. The molecular weight excluding hydrogens is 298 g/mol. The second kappa shape index (κ2) is 8.38. The van der Waals surface area contributed by atoms with Gasteiger partial charge in [-0.05, 0) is 37.6 Å². The average Bonchev–Trinajstić information content (AvgIpc) is 3.12. The first-order valence-corrected chi connectivity index (χ1v) is 9.28. The molecule has 2 aliphatic heterocycles. The van der Waals surface area contributed by atoms with Gasteiger partial charge in [0.05, 0.1) is 0 Å². The van der Waals surface area contributed by atoms with Gasteiger partial charge in [-0.2, -0.15) is 0 Å². The molecule has 5 heteroatoms. The number of nitrogens with one attached hydrogen (secondary N) is 1. The molecule has 24 heavy (non-hydrogen) atoms. The molecule has 2 saturated heterocycles. The molecule has 1 aromatic carbocycles. The van der Waals surface area contributed by atoms with Crippen LogP contribution in [0, 0.1) is 5.92 Å². The predicted molar refractivity (Wildman–Crippen MR) is 102 cm³/mol. The third kappa shape index (κ3) is 4.20. The molecule has 0 aliphatic carbocycles. The lowest BCUT2D eigenvalue weighted by Gasteiger charge is -2.37. The average molecular weight is 329 g/mol. The van der Waals surface area contributed by atoms with Crippen molar-refractivity contribution >= 4 is 11.6 Å². The third-order valence-electron chi connectivity index (χ3n) is 5.28. The monoisotopic (exact) mass is 329 g/mol. The maximum Gasteiger partial charge on any atom is 0.193 e. The molecule has 1 N–H and O–H groups in total. The Morgan fingerprint density at radius 2 is 1.88 bits per heavy atom. The number of nitrogens with zero attached hydrogens (tertiary/aromatic N) is 4. The minimum atomic E-state index is 0.757. The smallest absolute Gasteiger partial charge is 0.193 e. The Hall–Kier alpha value is -1.75. The standard InChI is InChI=1S/C19H31N5/c1-3-22-10-9-17(16-22)15-21-19(20-2)24-13-11-23(12-14-24)18-7-5-4-6-8-18/h4-8,17H,3,9-16H2,1-2H3,(H,20,21). The lowest BCUT2D eigenvalue weighted by Crippen LogP contribution is -2.53. The predicted octanol–water partition coefficient (Wildman–Crippen LogP) is 1.73. The van der Waals surface area contributed by atoms with Gasteiger partial charge in [-0.15, -0.1) is 0 Å². The maximum atomic E-state index is 4.51. The summed E-state index contributed by atoms with van der Waals surface area (Å²) in [6.07, 6.45) is 1.31. The molecule has 3 rings (SSSR count). The van der Waals surface area contributed by atoms with Gasteiger partial charge in [0.25, 0.3) is 0 Å². The molecule has 5 nitrogen and oxygen atoms in total. The largest absolute Gasteiger partial charge is 0.368 e. The maximum absolute atomic E-state index is 4.51. The number of hydrogen-bond donors (Lipinski definition) is 1. The van der Waals surface area contributed by atoms with Gasteiger partial charge < -0.3 is 20.0 Å². The Balaban J connectivity index is 1.46. The number of benzene rings is 1. The first kappa shape index (κ1) is 17.1. The van der Waals surface area contributed by atoms with E-state index in [4.69, 9.17) is 0 Å². The summed E-state index contributed by atoms with van der Waals surface area (Å²) in [6.45, 7) is 11.1. The van der Waals surface area contributed by atoms with E-state index in [0.29, 0.717) is 0 Å². The summed E-state index contributed by atoms with van der Waals surface area (Å²) < 4.78 is 0. The molecular formula is C19H31N5. The molecule has 2 aliphatic rings. The number of hydrogen-bond acceptors (Lipinski definition) is 3. The topological polar surface area (TPSA) is 34.1 Å². The molecule has 2 heterocycles. The van der Waals surface area contributed by atoms with Crippen molar-refractivity contribution in [2.24, 2.45) is 10.9 Å². The van der Waals surface area contributed by atoms with Crippen molar-refractivity contribution in [2.75, 3.05) is 64.3 Å². The van der Waals surface area contributed by atoms with Crippen LogP contribution >= 0.6 is 0 Å². The highest BCUT2D eigenvalue weighted by molar-refractivity contribution is 5.80. The van der Waals surface area contributed by atoms with E-state index in [1.54, 1.807) is 0 Å². The number of piperazine rings is 1. The first-order chi connectivity index (χ1) is 11.8. The van der Waals surface area contributed by atoms with E-state index < -0.39 is 0 Å². The van der Waals surface area contributed by atoms with Gasteiger partial charge in [0.1, 0.15) is 0 Å². The molecule has 0 radical (unpaired) electrons. The fourth-order valence-electron chi connectivity index (χ4n) is 3.75. The van der Waals surface area contributed by atoms with Crippen molar-refractivity contribution in [3.05, 3.63) is 30.3 Å². The zero-order chi connectivity index (χ0) is 16.8. The summed E-state index contributed by atoms with van der Waals surface area (Å²) in [4.78, 5) is 11.9. The van der Waals surface area contributed by atoms with Crippen LogP contribution in [0.3, 0.4) is 0 Å². The van der Waals surface area contributed by atoms with Gasteiger partial charge in [-0.1, -0.05) is 25.1 Å². The number of aliphatic imine (C=N–C) groups is 1. The molecule has 132 valence electrons. The first-order valence-electron chi connectivity index (χ1n) is 9.28. The summed E-state index contributed by atoms with van der Waals surface area (Å²) in [6, 6.07) is 10.7. The van der Waals surface area contributed by atoms with Crippen molar-refractivity contribution < 1.29 is 0 Å². The second-order valence-corrected chi connectivity index (χ2v) is 6.79. The van der Waals surface area contributed by atoms with Crippen molar-refractivity contribution in [3.63, 3.8) is 0 Å². The third-order valence-corrected chi connectivity index (χ3v) is 5.28. The molecule has 0 saturated carbocycles. The highest BCUT2D eigenvalue weighted by atomic mass is 15.3. The molecule has 0 aromatic heterocycles. The Labute approximate surface area is 146 Å². The van der Waals surface area contributed by atoms with Gasteiger partial charge in [0.15, 0.2) is 5.96 Å². The van der Waals surface area contributed by atoms with Crippen molar-refractivity contribution in [3.8, 4) is 0 Å². The van der Waals surface area contributed by atoms with E-state index in [1.165, 1.54) is 31.7 Å². The normalized spacial score (nSPS) is 22.9. The SMILES string of the molecule is CCN1CCC(CNC(=NC)N2CCN(c3ccccc3)CC2)C1. The van der Waals surface area contributed by atoms with Gasteiger partial charge in [0, 0.05) is 52.0 Å². The van der Waals surface area contributed by atoms with Crippen LogP contribution in [-0.2, 0) is 0 Å². The summed E-state index contributed by atoms with van der Waals surface area (Å²) in [5, 5.41) is 3.61. The molecule has 0 bridgehead atoms. The molecule has 1 aromatic rings. The minimum absolute atomic E-state index is 0.757. The van der Waals surface area contributed by atoms with Gasteiger partial charge >= 0.3 is 0 Å². The van der Waals surface area contributed by atoms with Gasteiger partial charge in [-0.3, -0.25) is 4.99 Å². The van der Waals surface area contributed by atoms with E-state index in [0.717, 1.165) is 44.6 Å². The van der Waals surface area contributed by atoms with Crippen LogP contribution in [0.15, 0.2) is 35.3 Å². The number of rotatable bonds is 4. The molecule has 2 fully saturated rings. The van der Waals surface area contributed by atoms with Crippen LogP contribution in [-0.4, -0.2) is 75.2 Å². The molecule has 1 unspecified atom stereocenters. The van der Waals surface area contributed by atoms with Gasteiger partial charge in [-0.25, -0.2) is 0 Å². The van der Waals surface area contributed by atoms with Crippen LogP contribution < -0.4 is 10.2 Å². The molecule has 1 atom stereocenters. The van der Waals surface area contributed by atoms with Crippen LogP contribution in [0.4, 0.5) is 5.69 Å². The zero-order valence-electron chi connectivity index (χ0n) is 15.1. The lowest BCUT2D eigenvalue weighted by atomic mass is 10.1. The minimum Gasteiger partial charge on any atom is -0.368 e. The van der Waals surface area contributed by atoms with E-state index >= 15 is 0 Å². The molecule has 0 spiro atoms. The summed E-state index contributed by atoms with van der Waals surface area (Å²) >= 11 is 0. The van der Waals surface area contributed by atoms with E-state index in [1.807, 2.05) is 7.05 Å². The van der Waals surface area contributed by atoms with E-state index in [2.05, 4.69) is 62.3 Å². The quantitative estimate of drug-likeness (QED) is 0.674. The second-order valence-electron chi connectivity index (χ2n) is 6.79. The molecule has 0 amide bonds. The van der Waals surface area contributed by atoms with Crippen LogP contribution in [0.1, 0.15) is 13.3 Å². The lowest BCUT2D eigenvalue weighted by molar-refractivity contribution is 0.337. The van der Waals surface area contributed by atoms with Crippen LogP contribution in [0.25, 0.3) is 0 Å². The number of anilines is 1. The Kier molecular flexibility index (Phi) is 5.96. The number of guanidine groups is 1. The summed E-state index contributed by atoms with van der Waals surface area (Å²) in [5.41, 5.74) is 1.32. The zero-order valence-corrected chi connectivity index (χ0v) is 15.1. The summed E-state index contributed by atoms with van der Waals surface area (Å²) in [7, 11) is 1.90. The Morgan fingerprint density at radius 1 is 1.12 bits per heavy atom. The van der Waals surface area contributed by atoms with Crippen molar-refractivity contribution in [1.82, 2.24) is 15.1 Å². The number of para-hydroxylation sites is 1. The Bertz CT molecular complexity index is 522. The van der Waals surface area contributed by atoms with Crippen molar-refractivity contribution in [2.45, 2.75) is 13.3 Å². The van der Waals surface area contributed by atoms with Gasteiger partial charge in [0.2, 0.25) is 0 Å². The van der Waals surface area contributed by atoms with Crippen LogP contribution in [0.5, 0.6) is 0 Å². The summed E-state index contributed by atoms with van der Waals surface area (Å²) in [5.74, 6) is 1.82. The fraction of sp³-hybridized carbons (Fsp3) is 0.632. The van der Waals surface area contributed by atoms with E-state index in [9.17, 15) is 0 Å². The fourth-order valence-corrected chi connectivity index (χ4v) is 3.75. The van der Waals surface area contributed by atoms with Crippen molar-refractivity contribution in [1.29, 1.82) is 0 Å². The van der Waals surface area contributed by atoms with E-state index in [-0.39, 0.29) is 0 Å². The Morgan fingerprint density at radius 3 is 2.50 bits per heavy atom. The highest BCUT2D eigenvalue weighted by Gasteiger charge is 2.23. The highest BCUT2D eigenvalue weighted by Crippen LogP contribution is 2.16.